The predicted molar refractivity (Wildman–Crippen MR) is 102 cm³/mol. The topological polar surface area (TPSA) is 111 Å². The number of nitro groups is 1. The van der Waals surface area contributed by atoms with E-state index in [0.717, 1.165) is 5.57 Å². The lowest BCUT2D eigenvalue weighted by Gasteiger charge is -2.22. The molecule has 1 amide bonds. The van der Waals surface area contributed by atoms with Gasteiger partial charge >= 0.3 is 5.97 Å². The number of nitrogens with one attached hydrogen (secondary N) is 2. The third kappa shape index (κ3) is 4.28. The summed E-state index contributed by atoms with van der Waals surface area (Å²) in [5.41, 5.74) is 1.12. The average molecular weight is 383 g/mol. The van der Waals surface area contributed by atoms with Crippen molar-refractivity contribution >= 4 is 17.6 Å². The smallest absolute Gasteiger partial charge is 0.328 e. The van der Waals surface area contributed by atoms with E-state index in [1.807, 2.05) is 24.4 Å². The first kappa shape index (κ1) is 19.3. The Morgan fingerprint density at radius 1 is 1.25 bits per heavy atom. The van der Waals surface area contributed by atoms with Gasteiger partial charge in [-0.2, -0.15) is 0 Å². The van der Waals surface area contributed by atoms with Gasteiger partial charge in [-0.25, -0.2) is 4.79 Å². The molecule has 0 bridgehead atoms. The molecule has 1 aromatic rings. The number of rotatable bonds is 7. The molecule has 146 valence electrons. The predicted octanol–water partition coefficient (Wildman–Crippen LogP) is 2.24. The molecule has 8 heteroatoms. The van der Waals surface area contributed by atoms with Gasteiger partial charge in [-0.3, -0.25) is 14.9 Å². The number of hydrogen-bond donors (Lipinski definition) is 2. The van der Waals surface area contributed by atoms with Gasteiger partial charge in [0.2, 0.25) is 0 Å². The van der Waals surface area contributed by atoms with E-state index in [4.69, 9.17) is 4.74 Å². The Kier molecular flexibility index (Phi) is 5.88. The summed E-state index contributed by atoms with van der Waals surface area (Å²) < 4.78 is 5.12. The highest BCUT2D eigenvalue weighted by Crippen LogP contribution is 2.29. The number of carbonyl (C=O) groups is 2. The Hall–Kier alpha value is -3.42. The van der Waals surface area contributed by atoms with Crippen molar-refractivity contribution < 1.29 is 19.2 Å². The van der Waals surface area contributed by atoms with Crippen molar-refractivity contribution in [3.8, 4) is 0 Å². The fourth-order valence-corrected chi connectivity index (χ4v) is 3.26. The molecule has 1 aliphatic carbocycles. The quantitative estimate of drug-likeness (QED) is 0.424. The molecule has 3 atom stereocenters. The second kappa shape index (κ2) is 8.51. The fraction of sp³-hybridized carbons (Fsp3) is 0.300. The van der Waals surface area contributed by atoms with Gasteiger partial charge in [0.1, 0.15) is 6.04 Å². The van der Waals surface area contributed by atoms with Crippen LogP contribution in [-0.4, -0.2) is 35.5 Å². The number of amides is 1. The van der Waals surface area contributed by atoms with Crippen LogP contribution in [0.25, 0.3) is 0 Å². The minimum absolute atomic E-state index is 0.108. The molecule has 0 saturated heterocycles. The zero-order chi connectivity index (χ0) is 20.1. The summed E-state index contributed by atoms with van der Waals surface area (Å²) in [5, 5.41) is 16.7. The van der Waals surface area contributed by atoms with Crippen LogP contribution in [0, 0.1) is 16.0 Å². The number of nitrogens with zero attached hydrogens (tertiary/aromatic N) is 1. The van der Waals surface area contributed by atoms with Crippen LogP contribution in [0.1, 0.15) is 23.7 Å². The number of hydrogen-bond acceptors (Lipinski definition) is 6. The van der Waals surface area contributed by atoms with E-state index in [1.165, 1.54) is 24.3 Å². The van der Waals surface area contributed by atoms with Crippen molar-refractivity contribution in [1.29, 1.82) is 0 Å². The van der Waals surface area contributed by atoms with E-state index in [0.29, 0.717) is 6.42 Å². The van der Waals surface area contributed by atoms with Crippen LogP contribution >= 0.6 is 0 Å². The van der Waals surface area contributed by atoms with Crippen molar-refractivity contribution in [2.24, 2.45) is 5.92 Å². The highest BCUT2D eigenvalue weighted by molar-refractivity contribution is 5.97. The van der Waals surface area contributed by atoms with E-state index < -0.39 is 22.8 Å². The highest BCUT2D eigenvalue weighted by Gasteiger charge is 2.32. The molecule has 0 radical (unpaired) electrons. The summed E-state index contributed by atoms with van der Waals surface area (Å²) >= 11 is 0. The Labute approximate surface area is 162 Å². The molecular weight excluding hydrogens is 362 g/mol. The summed E-state index contributed by atoms with van der Waals surface area (Å²) in [6, 6.07) is 4.51. The van der Waals surface area contributed by atoms with Crippen molar-refractivity contribution in [1.82, 2.24) is 10.6 Å². The first-order valence-electron chi connectivity index (χ1n) is 9.01. The minimum atomic E-state index is -0.853. The first-order chi connectivity index (χ1) is 13.5. The SMILES string of the molecule is CCOC(=O)C(CC1=CNC2C=CC=CC12)NC(=O)c1ccc([N+](=O)[O-])cc1. The minimum Gasteiger partial charge on any atom is -0.464 e. The summed E-state index contributed by atoms with van der Waals surface area (Å²) in [6.45, 7) is 1.91. The van der Waals surface area contributed by atoms with E-state index in [1.54, 1.807) is 6.92 Å². The number of fused-ring (bicyclic) bond motifs is 1. The molecule has 1 aromatic carbocycles. The van der Waals surface area contributed by atoms with Crippen molar-refractivity contribution in [3.05, 3.63) is 76.0 Å². The molecule has 1 heterocycles. The lowest BCUT2D eigenvalue weighted by Crippen LogP contribution is -2.42. The summed E-state index contributed by atoms with van der Waals surface area (Å²) in [4.78, 5) is 35.2. The number of allylic oxidation sites excluding steroid dienone is 2. The van der Waals surface area contributed by atoms with Gasteiger partial charge in [-0.15, -0.1) is 0 Å². The molecule has 2 aliphatic rings. The van der Waals surface area contributed by atoms with Gasteiger partial charge in [-0.05, 0) is 30.8 Å². The van der Waals surface area contributed by atoms with Crippen LogP contribution in [0.5, 0.6) is 0 Å². The van der Waals surface area contributed by atoms with Crippen molar-refractivity contribution in [2.75, 3.05) is 6.61 Å². The number of ether oxygens (including phenoxy) is 1. The van der Waals surface area contributed by atoms with Crippen LogP contribution in [0.4, 0.5) is 5.69 Å². The largest absolute Gasteiger partial charge is 0.464 e. The molecule has 3 unspecified atom stereocenters. The van der Waals surface area contributed by atoms with Crippen molar-refractivity contribution in [3.63, 3.8) is 0 Å². The maximum absolute atomic E-state index is 12.6. The van der Waals surface area contributed by atoms with Gasteiger partial charge in [-0.1, -0.05) is 24.3 Å². The van der Waals surface area contributed by atoms with Gasteiger partial charge in [0.15, 0.2) is 0 Å². The van der Waals surface area contributed by atoms with Crippen LogP contribution in [0.2, 0.25) is 0 Å². The van der Waals surface area contributed by atoms with E-state index >= 15 is 0 Å². The second-order valence-electron chi connectivity index (χ2n) is 6.49. The molecule has 0 fully saturated rings. The fourth-order valence-electron chi connectivity index (χ4n) is 3.26. The number of carbonyl (C=O) groups excluding carboxylic acids is 2. The van der Waals surface area contributed by atoms with Gasteiger partial charge in [0.05, 0.1) is 17.6 Å². The van der Waals surface area contributed by atoms with Crippen LogP contribution in [0.15, 0.2) is 60.3 Å². The molecule has 0 spiro atoms. The zero-order valence-corrected chi connectivity index (χ0v) is 15.3. The van der Waals surface area contributed by atoms with Crippen LogP contribution in [0.3, 0.4) is 0 Å². The number of non-ortho nitro benzene ring substituents is 1. The van der Waals surface area contributed by atoms with Gasteiger partial charge in [0.25, 0.3) is 11.6 Å². The van der Waals surface area contributed by atoms with Crippen LogP contribution < -0.4 is 10.6 Å². The highest BCUT2D eigenvalue weighted by atomic mass is 16.6. The molecule has 0 saturated carbocycles. The maximum atomic E-state index is 12.6. The van der Waals surface area contributed by atoms with Crippen molar-refractivity contribution in [2.45, 2.75) is 25.4 Å². The molecule has 3 rings (SSSR count). The molecule has 0 aromatic heterocycles. The molecule has 8 nitrogen and oxygen atoms in total. The maximum Gasteiger partial charge on any atom is 0.328 e. The van der Waals surface area contributed by atoms with Crippen LogP contribution in [-0.2, 0) is 9.53 Å². The first-order valence-corrected chi connectivity index (χ1v) is 9.01. The standard InChI is InChI=1S/C20H21N3O5/c1-2-28-20(25)18(11-14-12-21-17-6-4-3-5-16(14)17)22-19(24)13-7-9-15(10-8-13)23(26)27/h3-10,12,16-18,21H,2,11H2,1H3,(H,22,24). The summed E-state index contributed by atoms with van der Waals surface area (Å²) in [7, 11) is 0. The Balaban J connectivity index is 1.72. The number of benzene rings is 1. The number of esters is 1. The monoisotopic (exact) mass is 383 g/mol. The Morgan fingerprint density at radius 3 is 2.64 bits per heavy atom. The summed E-state index contributed by atoms with van der Waals surface area (Å²) in [5.74, 6) is -0.884. The average Bonchev–Trinajstić information content (AvgIpc) is 3.10. The normalized spacial score (nSPS) is 20.5. The van der Waals surface area contributed by atoms with E-state index in [2.05, 4.69) is 16.7 Å². The zero-order valence-electron chi connectivity index (χ0n) is 15.3. The van der Waals surface area contributed by atoms with Gasteiger partial charge < -0.3 is 15.4 Å². The molecule has 1 aliphatic heterocycles. The third-order valence-corrected chi connectivity index (χ3v) is 4.68. The Morgan fingerprint density at radius 2 is 1.96 bits per heavy atom. The third-order valence-electron chi connectivity index (χ3n) is 4.68. The van der Waals surface area contributed by atoms with E-state index in [9.17, 15) is 19.7 Å². The molecule has 28 heavy (non-hydrogen) atoms. The lowest BCUT2D eigenvalue weighted by molar-refractivity contribution is -0.384. The molecule has 2 N–H and O–H groups in total. The lowest BCUT2D eigenvalue weighted by atomic mass is 9.88. The second-order valence-corrected chi connectivity index (χ2v) is 6.49. The Bertz CT molecular complexity index is 857. The van der Waals surface area contributed by atoms with Gasteiger partial charge in [0, 0.05) is 30.0 Å². The number of nitro benzene ring substituents is 1. The summed E-state index contributed by atoms with van der Waals surface area (Å²) in [6.07, 6.45) is 10.2. The molecular formula is C20H21N3O5. The van der Waals surface area contributed by atoms with E-state index in [-0.39, 0.29) is 29.8 Å².